The van der Waals surface area contributed by atoms with Crippen LogP contribution in [0.15, 0.2) is 30.3 Å². The molecule has 25 heavy (non-hydrogen) atoms. The second kappa shape index (κ2) is 7.97. The minimum Gasteiger partial charge on any atom is -0.383 e. The van der Waals surface area contributed by atoms with Crippen LogP contribution < -0.4 is 5.73 Å². The van der Waals surface area contributed by atoms with Gasteiger partial charge in [-0.05, 0) is 18.0 Å². The van der Waals surface area contributed by atoms with Gasteiger partial charge >= 0.3 is 0 Å². The van der Waals surface area contributed by atoms with Gasteiger partial charge in [-0.25, -0.2) is 0 Å². The largest absolute Gasteiger partial charge is 0.383 e. The Morgan fingerprint density at radius 1 is 1.24 bits per heavy atom. The number of nitrogens with two attached hydrogens (primary N) is 1. The van der Waals surface area contributed by atoms with Crippen molar-refractivity contribution in [2.24, 2.45) is 17.6 Å². The van der Waals surface area contributed by atoms with Crippen LogP contribution >= 0.6 is 0 Å². The third-order valence-corrected chi connectivity index (χ3v) is 5.41. The molecule has 2 saturated heterocycles. The molecule has 1 aromatic rings. The first-order valence-corrected chi connectivity index (χ1v) is 8.94. The minimum atomic E-state index is -0.239. The summed E-state index contributed by atoms with van der Waals surface area (Å²) in [6.45, 7) is 3.48. The normalized spacial score (nSPS) is 26.5. The van der Waals surface area contributed by atoms with Crippen molar-refractivity contribution in [3.05, 3.63) is 35.9 Å². The number of benzene rings is 1. The highest BCUT2D eigenvalue weighted by molar-refractivity contribution is 5.89. The summed E-state index contributed by atoms with van der Waals surface area (Å²) in [6, 6.07) is 10.3. The van der Waals surface area contributed by atoms with Crippen molar-refractivity contribution in [1.29, 1.82) is 0 Å². The summed E-state index contributed by atoms with van der Waals surface area (Å²) in [5, 5.41) is 0. The van der Waals surface area contributed by atoms with Crippen molar-refractivity contribution < 1.29 is 14.3 Å². The summed E-state index contributed by atoms with van der Waals surface area (Å²) in [7, 11) is 1.62. The first kappa shape index (κ1) is 17.9. The van der Waals surface area contributed by atoms with E-state index in [1.54, 1.807) is 12.0 Å². The molecule has 6 nitrogen and oxygen atoms in total. The van der Waals surface area contributed by atoms with Gasteiger partial charge in [0.1, 0.15) is 0 Å². The van der Waals surface area contributed by atoms with Crippen LogP contribution in [0, 0.1) is 11.8 Å². The van der Waals surface area contributed by atoms with Crippen molar-refractivity contribution in [2.75, 3.05) is 46.4 Å². The van der Waals surface area contributed by atoms with Crippen LogP contribution in [0.4, 0.5) is 0 Å². The molecule has 2 fully saturated rings. The smallest absolute Gasteiger partial charge is 0.228 e. The molecule has 6 heteroatoms. The quantitative estimate of drug-likeness (QED) is 0.823. The number of ether oxygens (including phenoxy) is 1. The number of methoxy groups -OCH3 is 1. The molecule has 3 atom stereocenters. The molecule has 0 aliphatic carbocycles. The summed E-state index contributed by atoms with van der Waals surface area (Å²) in [5.74, 6) is 0.442. The average molecular weight is 345 g/mol. The lowest BCUT2D eigenvalue weighted by Crippen LogP contribution is -2.37. The Hall–Kier alpha value is -1.92. The fourth-order valence-corrected chi connectivity index (χ4v) is 3.98. The Balaban J connectivity index is 1.64. The van der Waals surface area contributed by atoms with Gasteiger partial charge in [-0.2, -0.15) is 0 Å². The van der Waals surface area contributed by atoms with E-state index in [-0.39, 0.29) is 29.6 Å². The van der Waals surface area contributed by atoms with Gasteiger partial charge in [0.2, 0.25) is 11.8 Å². The summed E-state index contributed by atoms with van der Waals surface area (Å²) >= 11 is 0. The van der Waals surface area contributed by atoms with E-state index in [4.69, 9.17) is 10.5 Å². The van der Waals surface area contributed by atoms with Crippen LogP contribution in [-0.4, -0.2) is 68.1 Å². The van der Waals surface area contributed by atoms with Crippen molar-refractivity contribution in [3.8, 4) is 0 Å². The van der Waals surface area contributed by atoms with Crippen LogP contribution in [0.5, 0.6) is 0 Å². The van der Waals surface area contributed by atoms with Gasteiger partial charge < -0.3 is 20.3 Å². The molecule has 2 N–H and O–H groups in total. The van der Waals surface area contributed by atoms with E-state index in [9.17, 15) is 9.59 Å². The summed E-state index contributed by atoms with van der Waals surface area (Å²) in [6.07, 6.45) is 0.308. The number of hydrogen-bond donors (Lipinski definition) is 1. The summed E-state index contributed by atoms with van der Waals surface area (Å²) in [4.78, 5) is 28.7. The van der Waals surface area contributed by atoms with E-state index < -0.39 is 0 Å². The van der Waals surface area contributed by atoms with Crippen LogP contribution in [0.25, 0.3) is 0 Å². The Morgan fingerprint density at radius 2 is 2.00 bits per heavy atom. The minimum absolute atomic E-state index is 0.0459. The van der Waals surface area contributed by atoms with Crippen LogP contribution in [0.1, 0.15) is 17.9 Å². The number of amides is 2. The molecular weight excluding hydrogens is 318 g/mol. The highest BCUT2D eigenvalue weighted by Crippen LogP contribution is 2.33. The number of carbonyl (C=O) groups excluding carboxylic acids is 2. The van der Waals surface area contributed by atoms with Gasteiger partial charge in [0.25, 0.3) is 0 Å². The average Bonchev–Trinajstić information content (AvgIpc) is 3.24. The molecule has 136 valence electrons. The van der Waals surface area contributed by atoms with Gasteiger partial charge in [0, 0.05) is 45.6 Å². The Kier molecular flexibility index (Phi) is 5.71. The summed E-state index contributed by atoms with van der Waals surface area (Å²) in [5.41, 5.74) is 7.20. The van der Waals surface area contributed by atoms with Gasteiger partial charge in [0.15, 0.2) is 0 Å². The third-order valence-electron chi connectivity index (χ3n) is 5.41. The molecule has 2 aliphatic heterocycles. The topological polar surface area (TPSA) is 75.9 Å². The van der Waals surface area contributed by atoms with E-state index in [1.807, 2.05) is 23.1 Å². The molecule has 3 rings (SSSR count). The Bertz CT molecular complexity index is 607. The lowest BCUT2D eigenvalue weighted by atomic mass is 9.89. The molecule has 0 saturated carbocycles. The monoisotopic (exact) mass is 345 g/mol. The fraction of sp³-hybridized carbons (Fsp3) is 0.579. The Morgan fingerprint density at radius 3 is 2.68 bits per heavy atom. The van der Waals surface area contributed by atoms with Crippen LogP contribution in [0.3, 0.4) is 0 Å². The molecule has 1 unspecified atom stereocenters. The lowest BCUT2D eigenvalue weighted by molar-refractivity contribution is -0.135. The maximum Gasteiger partial charge on any atom is 0.228 e. The van der Waals surface area contributed by atoms with Crippen molar-refractivity contribution in [1.82, 2.24) is 9.80 Å². The number of rotatable bonds is 6. The van der Waals surface area contributed by atoms with Gasteiger partial charge in [0.05, 0.1) is 12.5 Å². The zero-order valence-electron chi connectivity index (χ0n) is 14.8. The predicted octanol–water partition coefficient (Wildman–Crippen LogP) is 0.682. The second-order valence-electron chi connectivity index (χ2n) is 6.99. The van der Waals surface area contributed by atoms with Gasteiger partial charge in [-0.3, -0.25) is 9.59 Å². The van der Waals surface area contributed by atoms with Crippen LogP contribution in [-0.2, 0) is 14.3 Å². The molecule has 1 aromatic carbocycles. The molecule has 0 radical (unpaired) electrons. The fourth-order valence-electron chi connectivity index (χ4n) is 3.98. The SMILES string of the molecule is COCCN1CC(C(=O)N2C[C@@H](CN)[C@H](c3ccccc3)C2)CC1=O. The first-order chi connectivity index (χ1) is 12.1. The molecule has 0 aromatic heterocycles. The Labute approximate surface area is 148 Å². The second-order valence-corrected chi connectivity index (χ2v) is 6.99. The standard InChI is InChI=1S/C19H27N3O3/c1-25-8-7-21-11-15(9-18(21)23)19(24)22-12-16(10-20)17(13-22)14-5-3-2-4-6-14/h2-6,15-17H,7-13,20H2,1H3/t15?,16-,17+/m1/s1. The number of hydrogen-bond acceptors (Lipinski definition) is 4. The molecule has 0 bridgehead atoms. The number of carbonyl (C=O) groups is 2. The molecule has 0 spiro atoms. The van der Waals surface area contributed by atoms with E-state index in [1.165, 1.54) is 5.56 Å². The molecule has 2 amide bonds. The maximum absolute atomic E-state index is 12.9. The zero-order valence-corrected chi connectivity index (χ0v) is 14.8. The van der Waals surface area contributed by atoms with Gasteiger partial charge in [-0.1, -0.05) is 30.3 Å². The summed E-state index contributed by atoms with van der Waals surface area (Å²) < 4.78 is 5.04. The van der Waals surface area contributed by atoms with Crippen LogP contribution in [0.2, 0.25) is 0 Å². The zero-order chi connectivity index (χ0) is 17.8. The van der Waals surface area contributed by atoms with E-state index >= 15 is 0 Å². The van der Waals surface area contributed by atoms with Crippen molar-refractivity contribution >= 4 is 11.8 Å². The highest BCUT2D eigenvalue weighted by atomic mass is 16.5. The van der Waals surface area contributed by atoms with Gasteiger partial charge in [-0.15, -0.1) is 0 Å². The molecule has 2 aliphatic rings. The lowest BCUT2D eigenvalue weighted by Gasteiger charge is -2.21. The third kappa shape index (κ3) is 3.85. The highest BCUT2D eigenvalue weighted by Gasteiger charge is 2.41. The van der Waals surface area contributed by atoms with E-state index in [2.05, 4.69) is 12.1 Å². The number of likely N-dealkylation sites (tertiary alicyclic amines) is 2. The van der Waals surface area contributed by atoms with E-state index in [0.29, 0.717) is 45.8 Å². The maximum atomic E-state index is 12.9. The first-order valence-electron chi connectivity index (χ1n) is 8.94. The number of nitrogens with zero attached hydrogens (tertiary/aromatic N) is 2. The predicted molar refractivity (Wildman–Crippen MR) is 94.9 cm³/mol. The molecule has 2 heterocycles. The molecular formula is C19H27N3O3. The van der Waals surface area contributed by atoms with Crippen molar-refractivity contribution in [3.63, 3.8) is 0 Å². The van der Waals surface area contributed by atoms with Crippen molar-refractivity contribution in [2.45, 2.75) is 12.3 Å². The van der Waals surface area contributed by atoms with E-state index in [0.717, 1.165) is 0 Å².